The van der Waals surface area contributed by atoms with Crippen LogP contribution < -0.4 is 9.62 Å². The SMILES string of the molecule is CSc1ccc(S(=O)(=O)N(C)c2ccc(C(=O)Nc3cccc(C(=O)c4ccc(C(C)(C)C)cc4)c3)cc2)cc1. The van der Waals surface area contributed by atoms with E-state index in [1.165, 1.54) is 23.1 Å². The lowest BCUT2D eigenvalue weighted by molar-refractivity contribution is 0.102. The van der Waals surface area contributed by atoms with Gasteiger partial charge >= 0.3 is 0 Å². The Bertz CT molecular complexity index is 1620. The van der Waals surface area contributed by atoms with Crippen LogP contribution in [0.1, 0.15) is 52.6 Å². The summed E-state index contributed by atoms with van der Waals surface area (Å²) in [5.74, 6) is -0.503. The van der Waals surface area contributed by atoms with Gasteiger partial charge in [0.2, 0.25) is 0 Å². The van der Waals surface area contributed by atoms with Crippen LogP contribution in [0.4, 0.5) is 11.4 Å². The second-order valence-electron chi connectivity index (χ2n) is 10.4. The summed E-state index contributed by atoms with van der Waals surface area (Å²) in [5.41, 5.74) is 3.45. The molecular weight excluding hydrogens is 540 g/mol. The highest BCUT2D eigenvalue weighted by Crippen LogP contribution is 2.26. The Hall–Kier alpha value is -3.88. The van der Waals surface area contributed by atoms with Crippen LogP contribution in [-0.2, 0) is 15.4 Å². The van der Waals surface area contributed by atoms with Gasteiger partial charge in [-0.1, -0.05) is 57.2 Å². The van der Waals surface area contributed by atoms with Crippen molar-refractivity contribution in [1.29, 1.82) is 0 Å². The number of ketones is 1. The van der Waals surface area contributed by atoms with Gasteiger partial charge in [0.15, 0.2) is 5.78 Å². The van der Waals surface area contributed by atoms with Crippen molar-refractivity contribution in [3.8, 4) is 0 Å². The van der Waals surface area contributed by atoms with Gasteiger partial charge < -0.3 is 5.32 Å². The van der Waals surface area contributed by atoms with Crippen molar-refractivity contribution in [3.63, 3.8) is 0 Å². The minimum absolute atomic E-state index is 0.00629. The molecule has 0 saturated carbocycles. The van der Waals surface area contributed by atoms with E-state index in [0.717, 1.165) is 10.5 Å². The summed E-state index contributed by atoms with van der Waals surface area (Å²) in [6.45, 7) is 6.36. The van der Waals surface area contributed by atoms with Gasteiger partial charge in [-0.25, -0.2) is 8.42 Å². The molecule has 4 aromatic carbocycles. The summed E-state index contributed by atoms with van der Waals surface area (Å²) in [4.78, 5) is 27.2. The largest absolute Gasteiger partial charge is 0.322 e. The number of amides is 1. The topological polar surface area (TPSA) is 83.6 Å². The molecule has 0 fully saturated rings. The van der Waals surface area contributed by atoms with Crippen LogP contribution in [0, 0.1) is 0 Å². The highest BCUT2D eigenvalue weighted by molar-refractivity contribution is 7.98. The van der Waals surface area contributed by atoms with Crippen molar-refractivity contribution in [2.24, 2.45) is 0 Å². The van der Waals surface area contributed by atoms with Crippen molar-refractivity contribution < 1.29 is 18.0 Å². The van der Waals surface area contributed by atoms with E-state index < -0.39 is 10.0 Å². The lowest BCUT2D eigenvalue weighted by Crippen LogP contribution is -2.26. The smallest absolute Gasteiger partial charge is 0.264 e. The fourth-order valence-corrected chi connectivity index (χ4v) is 5.70. The molecule has 0 bridgehead atoms. The Labute approximate surface area is 240 Å². The lowest BCUT2D eigenvalue weighted by atomic mass is 9.86. The molecule has 0 heterocycles. The lowest BCUT2D eigenvalue weighted by Gasteiger charge is -2.20. The van der Waals surface area contributed by atoms with E-state index >= 15 is 0 Å². The molecule has 40 heavy (non-hydrogen) atoms. The average molecular weight is 573 g/mol. The Morgan fingerprint density at radius 1 is 0.775 bits per heavy atom. The molecule has 4 rings (SSSR count). The molecule has 0 aliphatic heterocycles. The number of sulfonamides is 1. The van der Waals surface area contributed by atoms with Gasteiger partial charge in [-0.05, 0) is 77.9 Å². The first-order valence-corrected chi connectivity index (χ1v) is 15.4. The summed E-state index contributed by atoms with van der Waals surface area (Å²) < 4.78 is 27.3. The first-order valence-electron chi connectivity index (χ1n) is 12.7. The molecule has 1 amide bonds. The van der Waals surface area contributed by atoms with Gasteiger partial charge in [0.05, 0.1) is 10.6 Å². The van der Waals surface area contributed by atoms with Crippen LogP contribution in [0.5, 0.6) is 0 Å². The van der Waals surface area contributed by atoms with Crippen molar-refractivity contribution in [3.05, 3.63) is 119 Å². The van der Waals surface area contributed by atoms with Gasteiger partial charge in [-0.3, -0.25) is 13.9 Å². The number of carbonyl (C=O) groups is 2. The average Bonchev–Trinajstić information content (AvgIpc) is 2.96. The molecule has 0 unspecified atom stereocenters. The third-order valence-electron chi connectivity index (χ3n) is 6.61. The Balaban J connectivity index is 1.45. The first kappa shape index (κ1) is 29.1. The Kier molecular flexibility index (Phi) is 8.51. The molecule has 8 heteroatoms. The summed E-state index contributed by atoms with van der Waals surface area (Å²) >= 11 is 1.54. The number of anilines is 2. The first-order chi connectivity index (χ1) is 18.9. The van der Waals surface area contributed by atoms with Crippen molar-refractivity contribution in [2.45, 2.75) is 36.0 Å². The molecule has 1 N–H and O–H groups in total. The van der Waals surface area contributed by atoms with Gasteiger partial charge in [0.1, 0.15) is 0 Å². The van der Waals surface area contributed by atoms with Crippen LogP contribution in [0.3, 0.4) is 0 Å². The fourth-order valence-electron chi connectivity index (χ4n) is 4.10. The van der Waals surface area contributed by atoms with Gasteiger partial charge in [0, 0.05) is 34.3 Å². The summed E-state index contributed by atoms with van der Waals surface area (Å²) in [6, 6.07) is 27.4. The van der Waals surface area contributed by atoms with E-state index in [4.69, 9.17) is 0 Å². The molecule has 0 atom stereocenters. The van der Waals surface area contributed by atoms with Crippen LogP contribution in [0.2, 0.25) is 0 Å². The number of hydrogen-bond donors (Lipinski definition) is 1. The summed E-state index contributed by atoms with van der Waals surface area (Å²) in [5, 5.41) is 2.82. The molecule has 0 aliphatic rings. The molecule has 0 radical (unpaired) electrons. The monoisotopic (exact) mass is 572 g/mol. The molecule has 0 aromatic heterocycles. The maximum Gasteiger partial charge on any atom is 0.264 e. The van der Waals surface area contributed by atoms with Gasteiger partial charge in [-0.2, -0.15) is 0 Å². The van der Waals surface area contributed by atoms with Crippen molar-refractivity contribution in [1.82, 2.24) is 0 Å². The second kappa shape index (κ2) is 11.7. The molecule has 0 aliphatic carbocycles. The van der Waals surface area contributed by atoms with Gasteiger partial charge in [-0.15, -0.1) is 11.8 Å². The highest BCUT2D eigenvalue weighted by atomic mass is 32.2. The zero-order valence-electron chi connectivity index (χ0n) is 23.1. The molecule has 6 nitrogen and oxygen atoms in total. The predicted octanol–water partition coefficient (Wildman–Crippen LogP) is 7.01. The van der Waals surface area contributed by atoms with Crippen LogP contribution in [-0.4, -0.2) is 33.4 Å². The third kappa shape index (κ3) is 6.46. The van der Waals surface area contributed by atoms with Crippen molar-refractivity contribution in [2.75, 3.05) is 22.9 Å². The number of benzene rings is 4. The highest BCUT2D eigenvalue weighted by Gasteiger charge is 2.22. The summed E-state index contributed by atoms with van der Waals surface area (Å²) in [6.07, 6.45) is 1.93. The maximum absolute atomic E-state index is 13.1. The molecule has 206 valence electrons. The minimum atomic E-state index is -3.75. The third-order valence-corrected chi connectivity index (χ3v) is 9.15. The fraction of sp³-hybridized carbons (Fsp3) is 0.188. The van der Waals surface area contributed by atoms with Crippen LogP contribution >= 0.6 is 11.8 Å². The number of hydrogen-bond acceptors (Lipinski definition) is 5. The van der Waals surface area contributed by atoms with E-state index in [9.17, 15) is 18.0 Å². The minimum Gasteiger partial charge on any atom is -0.322 e. The normalized spacial score (nSPS) is 11.6. The predicted molar refractivity (Wildman–Crippen MR) is 163 cm³/mol. The Morgan fingerprint density at radius 2 is 1.38 bits per heavy atom. The zero-order valence-corrected chi connectivity index (χ0v) is 24.8. The van der Waals surface area contributed by atoms with E-state index in [0.29, 0.717) is 28.1 Å². The van der Waals surface area contributed by atoms with Crippen LogP contribution in [0.15, 0.2) is 107 Å². The van der Waals surface area contributed by atoms with Gasteiger partial charge in [0.25, 0.3) is 15.9 Å². The molecule has 0 saturated heterocycles. The number of thioether (sulfide) groups is 1. The Morgan fingerprint density at radius 3 is 1.95 bits per heavy atom. The number of nitrogens with zero attached hydrogens (tertiary/aromatic N) is 1. The van der Waals surface area contributed by atoms with Crippen LogP contribution in [0.25, 0.3) is 0 Å². The van der Waals surface area contributed by atoms with E-state index in [1.807, 2.05) is 30.5 Å². The number of nitrogens with one attached hydrogen (secondary N) is 1. The summed E-state index contributed by atoms with van der Waals surface area (Å²) in [7, 11) is -2.27. The quantitative estimate of drug-likeness (QED) is 0.181. The number of carbonyl (C=O) groups excluding carboxylic acids is 2. The van der Waals surface area contributed by atoms with Crippen molar-refractivity contribution >= 4 is 44.9 Å². The second-order valence-corrected chi connectivity index (χ2v) is 13.2. The van der Waals surface area contributed by atoms with E-state index in [2.05, 4.69) is 26.1 Å². The number of rotatable bonds is 8. The zero-order chi connectivity index (χ0) is 29.1. The molecule has 4 aromatic rings. The standard InChI is InChI=1S/C32H32N2O4S2/c1-32(2,3)25-13-9-22(10-14-25)30(35)24-7-6-8-26(21-24)33-31(36)23-11-15-27(16-12-23)34(4)40(37,38)29-19-17-28(39-5)18-20-29/h6-21H,1-5H3,(H,33,36). The van der Waals surface area contributed by atoms with E-state index in [-0.39, 0.29) is 22.0 Å². The van der Waals surface area contributed by atoms with E-state index in [1.54, 1.807) is 72.8 Å². The molecule has 0 spiro atoms. The maximum atomic E-state index is 13.1. The molecular formula is C32H32N2O4S2.